The maximum atomic E-state index is 13.1. The Morgan fingerprint density at radius 2 is 2.10 bits per heavy atom. The van der Waals surface area contributed by atoms with Crippen LogP contribution in [-0.2, 0) is 5.75 Å². The summed E-state index contributed by atoms with van der Waals surface area (Å²) in [7, 11) is 0. The van der Waals surface area contributed by atoms with Crippen molar-refractivity contribution in [1.29, 1.82) is 0 Å². The van der Waals surface area contributed by atoms with Crippen LogP contribution in [0.5, 0.6) is 0 Å². The van der Waals surface area contributed by atoms with E-state index >= 15 is 0 Å². The molecule has 0 radical (unpaired) electrons. The van der Waals surface area contributed by atoms with Gasteiger partial charge in [-0.1, -0.05) is 5.16 Å². The van der Waals surface area contributed by atoms with Crippen molar-refractivity contribution < 1.29 is 13.3 Å². The van der Waals surface area contributed by atoms with Gasteiger partial charge in [-0.25, -0.2) is 8.78 Å². The van der Waals surface area contributed by atoms with Crippen LogP contribution in [-0.4, -0.2) is 10.1 Å². The number of aromatic nitrogens is 2. The molecule has 0 atom stereocenters. The van der Waals surface area contributed by atoms with Crippen molar-refractivity contribution in [1.82, 2.24) is 10.1 Å². The van der Waals surface area contributed by atoms with E-state index in [1.165, 1.54) is 17.8 Å². The topological polar surface area (TPSA) is 38.9 Å². The second-order valence-electron chi connectivity index (χ2n) is 3.89. The Labute approximate surface area is 121 Å². The fraction of sp³-hybridized carbons (Fsp3) is 0.0769. The minimum Gasteiger partial charge on any atom is -0.334 e. The first kappa shape index (κ1) is 13.3. The fourth-order valence-corrected chi connectivity index (χ4v) is 2.92. The van der Waals surface area contributed by atoms with Crippen LogP contribution in [0.25, 0.3) is 11.5 Å². The van der Waals surface area contributed by atoms with Crippen molar-refractivity contribution in [3.63, 3.8) is 0 Å². The second kappa shape index (κ2) is 5.72. The van der Waals surface area contributed by atoms with Gasteiger partial charge in [0.2, 0.25) is 0 Å². The molecule has 0 amide bonds. The largest absolute Gasteiger partial charge is 0.334 e. The maximum Gasteiger partial charge on any atom is 0.258 e. The molecule has 3 rings (SSSR count). The molecule has 102 valence electrons. The molecule has 0 aliphatic heterocycles. The van der Waals surface area contributed by atoms with Crippen LogP contribution in [0.1, 0.15) is 5.82 Å². The van der Waals surface area contributed by atoms with Crippen LogP contribution in [0.4, 0.5) is 8.78 Å². The molecule has 3 aromatic rings. The molecule has 0 aliphatic rings. The summed E-state index contributed by atoms with van der Waals surface area (Å²) in [5, 5.41) is 7.70. The molecule has 2 heterocycles. The number of hydrogen-bond donors (Lipinski definition) is 0. The molecular formula is C13H8F2N2OS2. The summed E-state index contributed by atoms with van der Waals surface area (Å²) in [6.07, 6.45) is 0. The lowest BCUT2D eigenvalue weighted by Crippen LogP contribution is -1.86. The first-order chi connectivity index (χ1) is 9.72. The Bertz CT molecular complexity index is 713. The van der Waals surface area contributed by atoms with Crippen molar-refractivity contribution in [2.45, 2.75) is 10.6 Å². The average molecular weight is 310 g/mol. The van der Waals surface area contributed by atoms with E-state index in [-0.39, 0.29) is 0 Å². The highest BCUT2D eigenvalue weighted by molar-refractivity contribution is 7.98. The predicted molar refractivity (Wildman–Crippen MR) is 73.5 cm³/mol. The number of rotatable bonds is 4. The van der Waals surface area contributed by atoms with Crippen LogP contribution in [0.3, 0.4) is 0 Å². The quantitative estimate of drug-likeness (QED) is 0.671. The lowest BCUT2D eigenvalue weighted by molar-refractivity contribution is 0.425. The number of halogens is 2. The van der Waals surface area contributed by atoms with Gasteiger partial charge in [-0.05, 0) is 29.6 Å². The first-order valence-electron chi connectivity index (χ1n) is 5.65. The molecular weight excluding hydrogens is 302 g/mol. The zero-order chi connectivity index (χ0) is 13.9. The smallest absolute Gasteiger partial charge is 0.258 e. The van der Waals surface area contributed by atoms with Gasteiger partial charge in [0.25, 0.3) is 5.89 Å². The van der Waals surface area contributed by atoms with Gasteiger partial charge in [0.1, 0.15) is 0 Å². The lowest BCUT2D eigenvalue weighted by Gasteiger charge is -1.99. The van der Waals surface area contributed by atoms with Gasteiger partial charge >= 0.3 is 0 Å². The normalized spacial score (nSPS) is 10.9. The van der Waals surface area contributed by atoms with Gasteiger partial charge in [0.05, 0.1) is 11.3 Å². The molecule has 0 fully saturated rings. The second-order valence-corrected chi connectivity index (χ2v) is 5.72. The molecule has 0 N–H and O–H groups in total. The van der Waals surface area contributed by atoms with Crippen LogP contribution < -0.4 is 0 Å². The number of thioether (sulfide) groups is 1. The zero-order valence-corrected chi connectivity index (χ0v) is 11.7. The summed E-state index contributed by atoms with van der Waals surface area (Å²) in [4.78, 5) is 4.86. The Kier molecular flexibility index (Phi) is 3.79. The highest BCUT2D eigenvalue weighted by atomic mass is 32.2. The Balaban J connectivity index is 1.68. The van der Waals surface area contributed by atoms with Crippen molar-refractivity contribution in [3.8, 4) is 11.5 Å². The summed E-state index contributed by atoms with van der Waals surface area (Å²) >= 11 is 2.86. The summed E-state index contributed by atoms with van der Waals surface area (Å²) in [5.41, 5.74) is 0.881. The number of hydrogen-bond acceptors (Lipinski definition) is 5. The van der Waals surface area contributed by atoms with E-state index < -0.39 is 11.6 Å². The lowest BCUT2D eigenvalue weighted by atomic mass is 10.3. The number of benzene rings is 1. The summed E-state index contributed by atoms with van der Waals surface area (Å²) in [5.74, 6) is -0.303. The van der Waals surface area contributed by atoms with E-state index in [1.54, 1.807) is 11.3 Å². The van der Waals surface area contributed by atoms with E-state index in [2.05, 4.69) is 10.1 Å². The molecule has 0 unspecified atom stereocenters. The van der Waals surface area contributed by atoms with E-state index in [1.807, 2.05) is 16.8 Å². The van der Waals surface area contributed by atoms with E-state index in [0.717, 1.165) is 17.7 Å². The zero-order valence-electron chi connectivity index (χ0n) is 10.0. The molecule has 3 nitrogen and oxygen atoms in total. The van der Waals surface area contributed by atoms with Gasteiger partial charge in [-0.3, -0.25) is 0 Å². The molecule has 0 bridgehead atoms. The fourth-order valence-electron chi connectivity index (χ4n) is 1.53. The van der Waals surface area contributed by atoms with Crippen molar-refractivity contribution in [2.24, 2.45) is 0 Å². The maximum absolute atomic E-state index is 13.1. The Hall–Kier alpha value is -1.73. The molecule has 20 heavy (non-hydrogen) atoms. The third-order valence-electron chi connectivity index (χ3n) is 2.50. The van der Waals surface area contributed by atoms with Gasteiger partial charge in [0, 0.05) is 10.3 Å². The van der Waals surface area contributed by atoms with Gasteiger partial charge in [-0.15, -0.1) is 11.8 Å². The van der Waals surface area contributed by atoms with Crippen molar-refractivity contribution in [3.05, 3.63) is 52.5 Å². The van der Waals surface area contributed by atoms with Crippen LogP contribution in [0.2, 0.25) is 0 Å². The monoisotopic (exact) mass is 310 g/mol. The predicted octanol–water partition coefficient (Wildman–Crippen LogP) is 4.37. The van der Waals surface area contributed by atoms with Crippen LogP contribution in [0.15, 0.2) is 44.4 Å². The van der Waals surface area contributed by atoms with E-state index in [0.29, 0.717) is 22.4 Å². The minimum absolute atomic E-state index is 0.429. The number of thiophene rings is 1. The summed E-state index contributed by atoms with van der Waals surface area (Å²) in [6, 6.07) is 5.66. The van der Waals surface area contributed by atoms with Gasteiger partial charge in [-0.2, -0.15) is 16.3 Å². The SMILES string of the molecule is Fc1ccc(SCc2noc(-c3ccsc3)n2)cc1F. The molecule has 0 aliphatic carbocycles. The third-order valence-corrected chi connectivity index (χ3v) is 4.17. The number of nitrogens with zero attached hydrogens (tertiary/aromatic N) is 2. The van der Waals surface area contributed by atoms with Crippen molar-refractivity contribution in [2.75, 3.05) is 0 Å². The third kappa shape index (κ3) is 2.88. The average Bonchev–Trinajstić information content (AvgIpc) is 3.09. The highest BCUT2D eigenvalue weighted by Gasteiger charge is 2.10. The highest BCUT2D eigenvalue weighted by Crippen LogP contribution is 2.25. The standard InChI is InChI=1S/C13H8F2N2OS2/c14-10-2-1-9(5-11(10)15)20-7-12-16-13(18-17-12)8-3-4-19-6-8/h1-6H,7H2. The summed E-state index contributed by atoms with van der Waals surface area (Å²) in [6.45, 7) is 0. The Morgan fingerprint density at radius 1 is 1.20 bits per heavy atom. The van der Waals surface area contributed by atoms with E-state index in [9.17, 15) is 8.78 Å². The van der Waals surface area contributed by atoms with Crippen LogP contribution >= 0.6 is 23.1 Å². The molecule has 7 heteroatoms. The van der Waals surface area contributed by atoms with Gasteiger partial charge < -0.3 is 4.52 Å². The Morgan fingerprint density at radius 3 is 2.85 bits per heavy atom. The molecule has 0 saturated heterocycles. The summed E-state index contributed by atoms with van der Waals surface area (Å²) < 4.78 is 31.0. The molecule has 2 aromatic heterocycles. The van der Waals surface area contributed by atoms with Crippen LogP contribution in [0, 0.1) is 11.6 Å². The molecule has 0 spiro atoms. The first-order valence-corrected chi connectivity index (χ1v) is 7.58. The molecule has 1 aromatic carbocycles. The van der Waals surface area contributed by atoms with Gasteiger partial charge in [0.15, 0.2) is 17.5 Å². The van der Waals surface area contributed by atoms with Crippen molar-refractivity contribution >= 4 is 23.1 Å². The minimum atomic E-state index is -0.859. The van der Waals surface area contributed by atoms with E-state index in [4.69, 9.17) is 4.52 Å². The molecule has 0 saturated carbocycles.